The van der Waals surface area contributed by atoms with Gasteiger partial charge in [0.15, 0.2) is 5.75 Å². The van der Waals surface area contributed by atoms with Crippen LogP contribution in [0.15, 0.2) is 22.6 Å². The summed E-state index contributed by atoms with van der Waals surface area (Å²) in [4.78, 5) is 0. The quantitative estimate of drug-likeness (QED) is 0.251. The number of hydrogen-bond donors (Lipinski definition) is 0. The van der Waals surface area contributed by atoms with Crippen LogP contribution in [0.1, 0.15) is 81.2 Å². The molecule has 172 valence electrons. The second kappa shape index (κ2) is 9.66. The second-order valence-electron chi connectivity index (χ2n) is 11.5. The predicted octanol–water partition coefficient (Wildman–Crippen LogP) is 7.10. The smallest absolute Gasteiger partial charge is 0.250 e. The van der Waals surface area contributed by atoms with Crippen molar-refractivity contribution >= 4 is 25.4 Å². The largest absolute Gasteiger partial charge is 0.591 e. The minimum atomic E-state index is -1.98. The lowest BCUT2D eigenvalue weighted by Crippen LogP contribution is -2.44. The Morgan fingerprint density at radius 1 is 1.00 bits per heavy atom. The molecule has 0 saturated heterocycles. The summed E-state index contributed by atoms with van der Waals surface area (Å²) in [6.07, 6.45) is 1.58. The van der Waals surface area contributed by atoms with Crippen LogP contribution in [0, 0.1) is 0 Å². The third-order valence-electron chi connectivity index (χ3n) is 5.13. The van der Waals surface area contributed by atoms with E-state index in [0.717, 1.165) is 35.6 Å². The second-order valence-corrected chi connectivity index (χ2v) is 18.2. The third kappa shape index (κ3) is 8.64. The summed E-state index contributed by atoms with van der Waals surface area (Å²) in [5.41, 5.74) is 1.75. The summed E-state index contributed by atoms with van der Waals surface area (Å²) < 4.78 is 29.1. The van der Waals surface area contributed by atoms with Gasteiger partial charge in [-0.25, -0.2) is 0 Å². The molecule has 1 atom stereocenters. The average Bonchev–Trinajstić information content (AvgIpc) is 2.51. The molecule has 1 aromatic carbocycles. The van der Waals surface area contributed by atoms with Gasteiger partial charge in [-0.05, 0) is 97.1 Å². The van der Waals surface area contributed by atoms with Gasteiger partial charge in [-0.1, -0.05) is 31.2 Å². The van der Waals surface area contributed by atoms with E-state index in [1.165, 1.54) is 0 Å². The molecule has 6 heteroatoms. The van der Waals surface area contributed by atoms with Gasteiger partial charge in [0.2, 0.25) is 0 Å². The number of aryl methyl sites for hydroxylation is 1. The maximum absolute atomic E-state index is 12.2. The summed E-state index contributed by atoms with van der Waals surface area (Å²) in [6, 6.07) is 6.23. The Hall–Kier alpha value is -0.983. The topological polar surface area (TPSA) is 53.9 Å². The van der Waals surface area contributed by atoms with Gasteiger partial charge >= 0.3 is 0 Å². The van der Waals surface area contributed by atoms with E-state index in [1.54, 1.807) is 0 Å². The Kier molecular flexibility index (Phi) is 8.71. The minimum Gasteiger partial charge on any atom is -0.591 e. The summed E-state index contributed by atoms with van der Waals surface area (Å²) in [6.45, 7) is 25.1. The average molecular weight is 454 g/mol. The van der Waals surface area contributed by atoms with Crippen LogP contribution in [0.4, 0.5) is 0 Å². The molecule has 30 heavy (non-hydrogen) atoms. The van der Waals surface area contributed by atoms with Gasteiger partial charge < -0.3 is 13.7 Å². The fourth-order valence-corrected chi connectivity index (χ4v) is 3.95. The number of nitrogens with zero attached hydrogens (tertiary/aromatic N) is 1. The Bertz CT molecular complexity index is 740. The van der Waals surface area contributed by atoms with Crippen LogP contribution in [0.5, 0.6) is 11.5 Å². The molecule has 0 aliphatic heterocycles. The van der Waals surface area contributed by atoms with Gasteiger partial charge in [-0.2, -0.15) is 0 Å². The first-order chi connectivity index (χ1) is 13.3. The number of hydrogen-bond acceptors (Lipinski definition) is 4. The monoisotopic (exact) mass is 453 g/mol. The van der Waals surface area contributed by atoms with Crippen molar-refractivity contribution in [1.29, 1.82) is 0 Å². The third-order valence-corrected chi connectivity index (χ3v) is 11.0. The molecule has 0 radical (unpaired) electrons. The summed E-state index contributed by atoms with van der Waals surface area (Å²) in [7, 11) is -1.98. The van der Waals surface area contributed by atoms with Crippen molar-refractivity contribution in [2.24, 2.45) is 4.40 Å². The molecule has 0 aliphatic carbocycles. The molecular formula is C24H43NO3SSi. The zero-order valence-corrected chi connectivity index (χ0v) is 23.0. The minimum absolute atomic E-state index is 0.112. The Balaban J connectivity index is 3.09. The van der Waals surface area contributed by atoms with E-state index in [4.69, 9.17) is 9.16 Å². The normalized spacial score (nSPS) is 15.2. The fourth-order valence-electron chi connectivity index (χ4n) is 2.28. The molecular weight excluding hydrogens is 410 g/mol. The molecule has 0 heterocycles. The van der Waals surface area contributed by atoms with E-state index in [2.05, 4.69) is 71.2 Å². The molecule has 0 fully saturated rings. The van der Waals surface area contributed by atoms with Crippen molar-refractivity contribution in [1.82, 2.24) is 0 Å². The molecule has 0 spiro atoms. The lowest BCUT2D eigenvalue weighted by Gasteiger charge is -2.37. The van der Waals surface area contributed by atoms with Crippen molar-refractivity contribution in [3.63, 3.8) is 0 Å². The van der Waals surface area contributed by atoms with E-state index in [-0.39, 0.29) is 15.4 Å². The number of rotatable bonds is 7. The molecule has 0 amide bonds. The van der Waals surface area contributed by atoms with Crippen molar-refractivity contribution in [2.45, 2.75) is 111 Å². The zero-order valence-electron chi connectivity index (χ0n) is 21.2. The Morgan fingerprint density at radius 3 is 2.03 bits per heavy atom. The predicted molar refractivity (Wildman–Crippen MR) is 134 cm³/mol. The Morgan fingerprint density at radius 2 is 1.57 bits per heavy atom. The molecule has 1 unspecified atom stereocenters. The first-order valence-corrected chi connectivity index (χ1v) is 14.8. The van der Waals surface area contributed by atoms with Crippen LogP contribution in [0.25, 0.3) is 0 Å². The van der Waals surface area contributed by atoms with Crippen LogP contribution in [0.3, 0.4) is 0 Å². The molecule has 0 N–H and O–H groups in total. The molecule has 1 rings (SSSR count). The van der Waals surface area contributed by atoms with Crippen LogP contribution in [-0.4, -0.2) is 28.9 Å². The van der Waals surface area contributed by atoms with Gasteiger partial charge in [0, 0.05) is 0 Å². The molecule has 0 aromatic heterocycles. The molecule has 0 aliphatic rings. The van der Waals surface area contributed by atoms with Crippen molar-refractivity contribution in [2.75, 3.05) is 0 Å². The highest BCUT2D eigenvalue weighted by Gasteiger charge is 2.39. The van der Waals surface area contributed by atoms with Gasteiger partial charge in [0.25, 0.3) is 8.32 Å². The lowest BCUT2D eigenvalue weighted by molar-refractivity contribution is 0.127. The van der Waals surface area contributed by atoms with Gasteiger partial charge in [-0.15, -0.1) is 0 Å². The first-order valence-electron chi connectivity index (χ1n) is 10.8. The number of ether oxygens (including phenoxy) is 1. The summed E-state index contributed by atoms with van der Waals surface area (Å²) >= 11 is -1.22. The van der Waals surface area contributed by atoms with Crippen molar-refractivity contribution in [3.05, 3.63) is 23.8 Å². The first kappa shape index (κ1) is 27.1. The molecule has 4 nitrogen and oxygen atoms in total. The molecule has 1 aromatic rings. The highest BCUT2D eigenvalue weighted by Crippen LogP contribution is 2.41. The zero-order chi connectivity index (χ0) is 23.5. The van der Waals surface area contributed by atoms with Crippen LogP contribution in [-0.2, 0) is 17.8 Å². The van der Waals surface area contributed by atoms with Gasteiger partial charge in [0.1, 0.15) is 27.5 Å². The van der Waals surface area contributed by atoms with Crippen molar-refractivity contribution in [3.8, 4) is 11.5 Å². The summed E-state index contributed by atoms with van der Waals surface area (Å²) in [5.74, 6) is 1.61. The Labute approximate surface area is 189 Å². The van der Waals surface area contributed by atoms with Crippen LogP contribution >= 0.6 is 0 Å². The molecule has 0 saturated carbocycles. The maximum atomic E-state index is 12.2. The highest BCUT2D eigenvalue weighted by molar-refractivity contribution is 7.91. The van der Waals surface area contributed by atoms with E-state index in [9.17, 15) is 4.55 Å². The molecule has 0 bridgehead atoms. The lowest BCUT2D eigenvalue weighted by atomic mass is 10.1. The van der Waals surface area contributed by atoms with E-state index in [1.807, 2.05) is 33.8 Å². The fraction of sp³-hybridized carbons (Fsp3) is 0.708. The van der Waals surface area contributed by atoms with Crippen LogP contribution < -0.4 is 9.16 Å². The summed E-state index contributed by atoms with van der Waals surface area (Å²) in [5, 5.41) is 0.112. The maximum Gasteiger partial charge on any atom is 0.250 e. The van der Waals surface area contributed by atoms with Crippen molar-refractivity contribution < 1.29 is 13.7 Å². The van der Waals surface area contributed by atoms with Crippen LogP contribution in [0.2, 0.25) is 18.1 Å². The van der Waals surface area contributed by atoms with Gasteiger partial charge in [0.05, 0.1) is 5.71 Å². The highest BCUT2D eigenvalue weighted by atomic mass is 32.2. The standard InChI is InChI=1S/C24H43NO3SSi/c1-18(25-29(26)23(5,6)7)13-14-19-15-16-20(21(17-19)27-22(2,3)4)28-30(11,12)24(8,9)10/h15-17H,13-14H2,1-12H3/b25-18-. The van der Waals surface area contributed by atoms with Gasteiger partial charge in [-0.3, -0.25) is 0 Å². The van der Waals surface area contributed by atoms with E-state index < -0.39 is 19.7 Å². The SMILES string of the molecule is C/C(CCc1ccc(O[Si](C)(C)C(C)(C)C)c(OC(C)(C)C)c1)=N/[S+]([O-])C(C)(C)C. The van der Waals surface area contributed by atoms with E-state index in [0.29, 0.717) is 0 Å². The number of benzene rings is 1. The van der Waals surface area contributed by atoms with E-state index >= 15 is 0 Å².